The van der Waals surface area contributed by atoms with Crippen molar-refractivity contribution in [3.05, 3.63) is 0 Å². The Balaban J connectivity index is 2.55. The Hall–Kier alpha value is -1.37. The van der Waals surface area contributed by atoms with Crippen LogP contribution in [0.5, 0.6) is 0 Å². The van der Waals surface area contributed by atoms with Crippen LogP contribution in [0.1, 0.15) is 26.2 Å². The Morgan fingerprint density at radius 2 is 2.26 bits per heavy atom. The van der Waals surface area contributed by atoms with Gasteiger partial charge in [-0.3, -0.25) is 4.79 Å². The van der Waals surface area contributed by atoms with Crippen LogP contribution in [-0.4, -0.2) is 48.1 Å². The number of carbonyl (C=O) groups is 2. The molecule has 7 heteroatoms. The fraction of sp³-hybridized carbons (Fsp3) is 0.750. The van der Waals surface area contributed by atoms with Crippen molar-refractivity contribution in [2.75, 3.05) is 20.2 Å². The second-order valence-corrected chi connectivity index (χ2v) is 5.12. The second kappa shape index (κ2) is 7.28. The van der Waals surface area contributed by atoms with Crippen molar-refractivity contribution in [3.63, 3.8) is 0 Å². The van der Waals surface area contributed by atoms with Crippen LogP contribution in [0.15, 0.2) is 0 Å². The lowest BCUT2D eigenvalue weighted by atomic mass is 10.0. The minimum absolute atomic E-state index is 0.0384. The summed E-state index contributed by atoms with van der Waals surface area (Å²) in [5, 5.41) is 2.69. The second-order valence-electron chi connectivity index (χ2n) is 4.65. The number of hydrogen-bond acceptors (Lipinski definition) is 4. The lowest BCUT2D eigenvalue weighted by Crippen LogP contribution is -2.42. The average Bonchev–Trinajstić information content (AvgIpc) is 2.83. The van der Waals surface area contributed by atoms with E-state index < -0.39 is 12.0 Å². The highest BCUT2D eigenvalue weighted by Crippen LogP contribution is 2.17. The Bertz CT molecular complexity index is 362. The van der Waals surface area contributed by atoms with E-state index in [0.29, 0.717) is 19.5 Å². The molecule has 6 nitrogen and oxygen atoms in total. The van der Waals surface area contributed by atoms with E-state index in [1.807, 2.05) is 6.92 Å². The highest BCUT2D eigenvalue weighted by molar-refractivity contribution is 7.80. The van der Waals surface area contributed by atoms with Crippen LogP contribution in [0.25, 0.3) is 0 Å². The number of nitrogens with zero attached hydrogens (tertiary/aromatic N) is 1. The molecule has 0 aromatic heterocycles. The van der Waals surface area contributed by atoms with Crippen LogP contribution in [0.4, 0.5) is 4.79 Å². The Kier molecular flexibility index (Phi) is 6.01. The number of carbonyl (C=O) groups excluding carboxylic acids is 2. The fourth-order valence-electron chi connectivity index (χ4n) is 2.20. The zero-order chi connectivity index (χ0) is 14.4. The smallest absolute Gasteiger partial charge is 0.407 e. The first-order valence-corrected chi connectivity index (χ1v) is 6.83. The van der Waals surface area contributed by atoms with Crippen LogP contribution in [0, 0.1) is 5.92 Å². The van der Waals surface area contributed by atoms with Crippen LogP contribution in [-0.2, 0) is 9.53 Å². The molecule has 2 unspecified atom stereocenters. The van der Waals surface area contributed by atoms with Crippen molar-refractivity contribution in [1.29, 1.82) is 0 Å². The summed E-state index contributed by atoms with van der Waals surface area (Å²) < 4.78 is 4.54. The van der Waals surface area contributed by atoms with Gasteiger partial charge in [0.2, 0.25) is 5.91 Å². The van der Waals surface area contributed by atoms with E-state index in [9.17, 15) is 9.59 Å². The van der Waals surface area contributed by atoms with E-state index in [2.05, 4.69) is 10.1 Å². The maximum atomic E-state index is 12.3. The molecular weight excluding hydrogens is 266 g/mol. The lowest BCUT2D eigenvalue weighted by Gasteiger charge is -2.22. The molecule has 0 bridgehead atoms. The van der Waals surface area contributed by atoms with Gasteiger partial charge in [-0.05, 0) is 12.8 Å². The number of hydrogen-bond donors (Lipinski definition) is 2. The SMILES string of the molecule is CCCC(C(=O)N1CCC(NC(=O)OC)C1)C(N)=S. The first-order chi connectivity index (χ1) is 8.99. The van der Waals surface area contributed by atoms with Gasteiger partial charge in [0.15, 0.2) is 0 Å². The van der Waals surface area contributed by atoms with Crippen LogP contribution >= 0.6 is 12.2 Å². The standard InChI is InChI=1S/C12H21N3O3S/c1-3-4-9(10(13)19)11(16)15-6-5-8(7-15)14-12(17)18-2/h8-9H,3-7H2,1-2H3,(H2,13,19)(H,14,17). The molecule has 0 radical (unpaired) electrons. The molecule has 2 atom stereocenters. The summed E-state index contributed by atoms with van der Waals surface area (Å²) in [6.45, 7) is 3.08. The van der Waals surface area contributed by atoms with Crippen LogP contribution < -0.4 is 11.1 Å². The number of rotatable bonds is 5. The molecular formula is C12H21N3O3S. The van der Waals surface area contributed by atoms with Gasteiger partial charge < -0.3 is 20.7 Å². The molecule has 1 heterocycles. The van der Waals surface area contributed by atoms with Gasteiger partial charge in [-0.25, -0.2) is 4.79 Å². The van der Waals surface area contributed by atoms with E-state index in [0.717, 1.165) is 12.8 Å². The number of amides is 2. The van der Waals surface area contributed by atoms with Gasteiger partial charge in [0.25, 0.3) is 0 Å². The number of nitrogens with one attached hydrogen (secondary N) is 1. The first kappa shape index (κ1) is 15.7. The third kappa shape index (κ3) is 4.34. The molecule has 19 heavy (non-hydrogen) atoms. The maximum Gasteiger partial charge on any atom is 0.407 e. The van der Waals surface area contributed by atoms with Gasteiger partial charge >= 0.3 is 6.09 Å². The summed E-state index contributed by atoms with van der Waals surface area (Å²) in [6.07, 6.45) is 1.76. The lowest BCUT2D eigenvalue weighted by molar-refractivity contribution is -0.132. The normalized spacial score (nSPS) is 19.9. The molecule has 0 aromatic rings. The molecule has 3 N–H and O–H groups in total. The van der Waals surface area contributed by atoms with E-state index in [1.54, 1.807) is 4.90 Å². The highest BCUT2D eigenvalue weighted by Gasteiger charge is 2.32. The largest absolute Gasteiger partial charge is 0.453 e. The molecule has 0 saturated carbocycles. The monoisotopic (exact) mass is 287 g/mol. The average molecular weight is 287 g/mol. The molecule has 1 aliphatic rings. The summed E-state index contributed by atoms with van der Waals surface area (Å²) in [7, 11) is 1.32. The molecule has 1 aliphatic heterocycles. The zero-order valence-corrected chi connectivity index (χ0v) is 12.2. The minimum atomic E-state index is -0.473. The number of thiocarbonyl (C=S) groups is 1. The number of alkyl carbamates (subject to hydrolysis) is 1. The van der Waals surface area contributed by atoms with Crippen molar-refractivity contribution in [1.82, 2.24) is 10.2 Å². The number of methoxy groups -OCH3 is 1. The van der Waals surface area contributed by atoms with Gasteiger partial charge in [0, 0.05) is 13.1 Å². The van der Waals surface area contributed by atoms with Crippen molar-refractivity contribution < 1.29 is 14.3 Å². The van der Waals surface area contributed by atoms with Crippen LogP contribution in [0.3, 0.4) is 0 Å². The van der Waals surface area contributed by atoms with E-state index >= 15 is 0 Å². The minimum Gasteiger partial charge on any atom is -0.453 e. The summed E-state index contributed by atoms with van der Waals surface area (Å²) in [5.41, 5.74) is 5.62. The number of likely N-dealkylation sites (tertiary alicyclic amines) is 1. The number of nitrogens with two attached hydrogens (primary N) is 1. The van der Waals surface area contributed by atoms with E-state index in [1.165, 1.54) is 7.11 Å². The molecule has 2 amide bonds. The summed E-state index contributed by atoms with van der Waals surface area (Å²) in [4.78, 5) is 25.4. The zero-order valence-electron chi connectivity index (χ0n) is 11.3. The topological polar surface area (TPSA) is 84.7 Å². The Morgan fingerprint density at radius 1 is 1.58 bits per heavy atom. The molecule has 0 aromatic carbocycles. The van der Waals surface area contributed by atoms with E-state index in [-0.39, 0.29) is 16.9 Å². The molecule has 108 valence electrons. The van der Waals surface area contributed by atoms with Crippen molar-refractivity contribution >= 4 is 29.2 Å². The quantitative estimate of drug-likeness (QED) is 0.725. The maximum absolute atomic E-state index is 12.3. The van der Waals surface area contributed by atoms with E-state index in [4.69, 9.17) is 18.0 Å². The molecule has 1 saturated heterocycles. The van der Waals surface area contributed by atoms with Gasteiger partial charge in [-0.2, -0.15) is 0 Å². The first-order valence-electron chi connectivity index (χ1n) is 6.42. The predicted octanol–water partition coefficient (Wildman–Crippen LogP) is 0.646. The number of ether oxygens (including phenoxy) is 1. The van der Waals surface area contributed by atoms with Gasteiger partial charge in [-0.1, -0.05) is 25.6 Å². The molecule has 0 spiro atoms. The molecule has 0 aliphatic carbocycles. The van der Waals surface area contributed by atoms with Gasteiger partial charge in [-0.15, -0.1) is 0 Å². The predicted molar refractivity (Wildman–Crippen MR) is 75.7 cm³/mol. The highest BCUT2D eigenvalue weighted by atomic mass is 32.1. The van der Waals surface area contributed by atoms with Gasteiger partial charge in [0.1, 0.15) is 0 Å². The Morgan fingerprint density at radius 3 is 2.79 bits per heavy atom. The molecule has 1 rings (SSSR count). The Labute approximate surface area is 118 Å². The summed E-state index contributed by atoms with van der Waals surface area (Å²) in [5.74, 6) is -0.430. The fourth-order valence-corrected chi connectivity index (χ4v) is 2.42. The van der Waals surface area contributed by atoms with Gasteiger partial charge in [0.05, 0.1) is 24.1 Å². The summed E-state index contributed by atoms with van der Waals surface area (Å²) in [6, 6.07) is -0.0648. The molecule has 1 fully saturated rings. The summed E-state index contributed by atoms with van der Waals surface area (Å²) >= 11 is 4.95. The van der Waals surface area contributed by atoms with Crippen LogP contribution in [0.2, 0.25) is 0 Å². The van der Waals surface area contributed by atoms with Crippen molar-refractivity contribution in [2.45, 2.75) is 32.2 Å². The van der Waals surface area contributed by atoms with Crippen molar-refractivity contribution in [2.24, 2.45) is 11.7 Å². The van der Waals surface area contributed by atoms with Crippen molar-refractivity contribution in [3.8, 4) is 0 Å². The third-order valence-electron chi connectivity index (χ3n) is 3.23. The third-order valence-corrected chi connectivity index (χ3v) is 3.51.